The highest BCUT2D eigenvalue weighted by atomic mass is 16.5. The van der Waals surface area contributed by atoms with Crippen LogP contribution >= 0.6 is 0 Å². The molecule has 1 amide bonds. The Kier molecular flexibility index (Phi) is 7.26. The van der Waals surface area contributed by atoms with Gasteiger partial charge < -0.3 is 9.64 Å². The van der Waals surface area contributed by atoms with Crippen LogP contribution in [-0.4, -0.2) is 56.1 Å². The van der Waals surface area contributed by atoms with Gasteiger partial charge in [0.25, 0.3) is 0 Å². The molecule has 0 aliphatic heterocycles. The van der Waals surface area contributed by atoms with Gasteiger partial charge in [0.15, 0.2) is 0 Å². The maximum Gasteiger partial charge on any atom is 0.239 e. The largest absolute Gasteiger partial charge is 0.385 e. The van der Waals surface area contributed by atoms with Gasteiger partial charge in [0.05, 0.1) is 6.04 Å². The van der Waals surface area contributed by atoms with E-state index >= 15 is 0 Å². The number of likely N-dealkylation sites (N-methyl/N-ethyl adjacent to an activating group) is 2. The van der Waals surface area contributed by atoms with Gasteiger partial charge in [-0.05, 0) is 26.0 Å². The summed E-state index contributed by atoms with van der Waals surface area (Å²) in [5, 5.41) is 0. The normalized spacial score (nSPS) is 12.4. The lowest BCUT2D eigenvalue weighted by atomic mass is 10.2. The van der Waals surface area contributed by atoms with Crippen LogP contribution in [0.25, 0.3) is 0 Å². The van der Waals surface area contributed by atoms with Crippen LogP contribution in [0.1, 0.15) is 18.9 Å². The summed E-state index contributed by atoms with van der Waals surface area (Å²) in [5.41, 5.74) is 1.15. The molecule has 112 valence electrons. The quantitative estimate of drug-likeness (QED) is 0.682. The number of benzene rings is 1. The zero-order valence-electron chi connectivity index (χ0n) is 13.0. The number of carbonyl (C=O) groups excluding carboxylic acids is 1. The lowest BCUT2D eigenvalue weighted by molar-refractivity contribution is -0.135. The second kappa shape index (κ2) is 8.72. The Balaban J connectivity index is 2.46. The molecule has 1 rings (SSSR count). The van der Waals surface area contributed by atoms with Crippen molar-refractivity contribution in [3.63, 3.8) is 0 Å². The van der Waals surface area contributed by atoms with Crippen molar-refractivity contribution in [1.82, 2.24) is 9.80 Å². The highest BCUT2D eigenvalue weighted by molar-refractivity contribution is 5.81. The summed E-state index contributed by atoms with van der Waals surface area (Å²) in [5.74, 6) is 0.147. The SMILES string of the molecule is COCCCN(C)C(C)C(=O)N(C)Cc1ccccc1. The van der Waals surface area contributed by atoms with E-state index in [-0.39, 0.29) is 11.9 Å². The van der Waals surface area contributed by atoms with Gasteiger partial charge in [-0.25, -0.2) is 0 Å². The van der Waals surface area contributed by atoms with E-state index in [1.54, 1.807) is 12.0 Å². The van der Waals surface area contributed by atoms with Gasteiger partial charge in [-0.3, -0.25) is 9.69 Å². The van der Waals surface area contributed by atoms with Crippen molar-refractivity contribution in [1.29, 1.82) is 0 Å². The minimum Gasteiger partial charge on any atom is -0.385 e. The molecule has 0 saturated carbocycles. The molecular formula is C16H26N2O2. The fourth-order valence-electron chi connectivity index (χ4n) is 2.09. The second-order valence-corrected chi connectivity index (χ2v) is 5.18. The zero-order valence-corrected chi connectivity index (χ0v) is 13.0. The Hall–Kier alpha value is -1.39. The molecule has 4 nitrogen and oxygen atoms in total. The van der Waals surface area contributed by atoms with Crippen molar-refractivity contribution < 1.29 is 9.53 Å². The van der Waals surface area contributed by atoms with Crippen LogP contribution in [0.4, 0.5) is 0 Å². The molecule has 0 saturated heterocycles. The van der Waals surface area contributed by atoms with Crippen LogP contribution in [0.5, 0.6) is 0 Å². The van der Waals surface area contributed by atoms with Crippen molar-refractivity contribution in [2.75, 3.05) is 34.4 Å². The van der Waals surface area contributed by atoms with Crippen LogP contribution in [0.2, 0.25) is 0 Å². The molecular weight excluding hydrogens is 252 g/mol. The molecule has 4 heteroatoms. The number of methoxy groups -OCH3 is 1. The molecule has 0 fully saturated rings. The van der Waals surface area contributed by atoms with E-state index in [2.05, 4.69) is 4.90 Å². The molecule has 20 heavy (non-hydrogen) atoms. The summed E-state index contributed by atoms with van der Waals surface area (Å²) in [6.45, 7) is 4.19. The van der Waals surface area contributed by atoms with Gasteiger partial charge in [-0.1, -0.05) is 30.3 Å². The minimum atomic E-state index is -0.111. The molecule has 1 unspecified atom stereocenters. The standard InChI is InChI=1S/C16H26N2O2/c1-14(17(2)11-8-12-20-4)16(19)18(3)13-15-9-6-5-7-10-15/h5-7,9-10,14H,8,11-13H2,1-4H3. The first kappa shape index (κ1) is 16.7. The fourth-order valence-corrected chi connectivity index (χ4v) is 2.09. The molecule has 0 heterocycles. The third kappa shape index (κ3) is 5.31. The van der Waals surface area contributed by atoms with Crippen LogP contribution in [-0.2, 0) is 16.1 Å². The average Bonchev–Trinajstić information content (AvgIpc) is 2.46. The fraction of sp³-hybridized carbons (Fsp3) is 0.562. The summed E-state index contributed by atoms with van der Waals surface area (Å²) < 4.78 is 5.04. The average molecular weight is 278 g/mol. The van der Waals surface area contributed by atoms with Gasteiger partial charge in [-0.15, -0.1) is 0 Å². The van der Waals surface area contributed by atoms with Gasteiger partial charge in [0.1, 0.15) is 0 Å². The Bertz CT molecular complexity index is 395. The maximum absolute atomic E-state index is 12.4. The smallest absolute Gasteiger partial charge is 0.239 e. The number of carbonyl (C=O) groups is 1. The lowest BCUT2D eigenvalue weighted by Gasteiger charge is -2.28. The van der Waals surface area contributed by atoms with E-state index < -0.39 is 0 Å². The van der Waals surface area contributed by atoms with Gasteiger partial charge in [0.2, 0.25) is 5.91 Å². The first-order valence-corrected chi connectivity index (χ1v) is 7.04. The molecule has 0 bridgehead atoms. The Morgan fingerprint density at radius 2 is 1.90 bits per heavy atom. The van der Waals surface area contributed by atoms with E-state index in [4.69, 9.17) is 4.74 Å². The number of ether oxygens (including phenoxy) is 1. The Morgan fingerprint density at radius 3 is 2.50 bits per heavy atom. The second-order valence-electron chi connectivity index (χ2n) is 5.18. The Morgan fingerprint density at radius 1 is 1.25 bits per heavy atom. The van der Waals surface area contributed by atoms with E-state index in [0.717, 1.165) is 25.1 Å². The first-order valence-electron chi connectivity index (χ1n) is 7.04. The van der Waals surface area contributed by atoms with Gasteiger partial charge >= 0.3 is 0 Å². The number of amides is 1. The highest BCUT2D eigenvalue weighted by Crippen LogP contribution is 2.07. The number of rotatable bonds is 8. The summed E-state index contributed by atoms with van der Waals surface area (Å²) in [4.78, 5) is 16.2. The van der Waals surface area contributed by atoms with Crippen molar-refractivity contribution >= 4 is 5.91 Å². The molecule has 0 radical (unpaired) electrons. The van der Waals surface area contributed by atoms with Crippen molar-refractivity contribution in [3.8, 4) is 0 Å². The number of nitrogens with zero attached hydrogens (tertiary/aromatic N) is 2. The van der Waals surface area contributed by atoms with Crippen LogP contribution in [0.15, 0.2) is 30.3 Å². The first-order chi connectivity index (χ1) is 9.56. The summed E-state index contributed by atoms with van der Waals surface area (Å²) >= 11 is 0. The summed E-state index contributed by atoms with van der Waals surface area (Å²) in [6, 6.07) is 9.94. The number of hydrogen-bond donors (Lipinski definition) is 0. The number of hydrogen-bond acceptors (Lipinski definition) is 3. The van der Waals surface area contributed by atoms with Crippen molar-refractivity contribution in [2.45, 2.75) is 25.9 Å². The van der Waals surface area contributed by atoms with Crippen molar-refractivity contribution in [2.24, 2.45) is 0 Å². The topological polar surface area (TPSA) is 32.8 Å². The van der Waals surface area contributed by atoms with Crippen LogP contribution < -0.4 is 0 Å². The summed E-state index contributed by atoms with van der Waals surface area (Å²) in [6.07, 6.45) is 0.938. The van der Waals surface area contributed by atoms with Crippen LogP contribution in [0, 0.1) is 0 Å². The highest BCUT2D eigenvalue weighted by Gasteiger charge is 2.21. The van der Waals surface area contributed by atoms with Gasteiger partial charge in [0, 0.05) is 33.9 Å². The zero-order chi connectivity index (χ0) is 15.0. The van der Waals surface area contributed by atoms with E-state index in [9.17, 15) is 4.79 Å². The molecule has 1 aromatic rings. The molecule has 1 aromatic carbocycles. The van der Waals surface area contributed by atoms with E-state index in [0.29, 0.717) is 6.54 Å². The minimum absolute atomic E-state index is 0.111. The predicted molar refractivity (Wildman–Crippen MR) is 81.5 cm³/mol. The van der Waals surface area contributed by atoms with E-state index in [1.165, 1.54) is 0 Å². The molecule has 0 aromatic heterocycles. The molecule has 0 N–H and O–H groups in total. The lowest BCUT2D eigenvalue weighted by Crippen LogP contribution is -2.44. The molecule has 1 atom stereocenters. The Labute approximate surface area is 122 Å². The molecule has 0 spiro atoms. The maximum atomic E-state index is 12.4. The predicted octanol–water partition coefficient (Wildman–Crippen LogP) is 2.00. The van der Waals surface area contributed by atoms with Gasteiger partial charge in [-0.2, -0.15) is 0 Å². The monoisotopic (exact) mass is 278 g/mol. The third-order valence-corrected chi connectivity index (χ3v) is 3.52. The van der Waals surface area contributed by atoms with Crippen molar-refractivity contribution in [3.05, 3.63) is 35.9 Å². The molecule has 0 aliphatic carbocycles. The third-order valence-electron chi connectivity index (χ3n) is 3.52. The van der Waals surface area contributed by atoms with E-state index in [1.807, 2.05) is 51.4 Å². The summed E-state index contributed by atoms with van der Waals surface area (Å²) in [7, 11) is 5.53. The van der Waals surface area contributed by atoms with Crippen LogP contribution in [0.3, 0.4) is 0 Å². The molecule has 0 aliphatic rings.